The molecule has 7 heteroatoms. The van der Waals surface area contributed by atoms with Crippen LogP contribution in [0.3, 0.4) is 0 Å². The molecule has 6 nitrogen and oxygen atoms in total. The van der Waals surface area contributed by atoms with Crippen LogP contribution in [0.4, 0.5) is 5.13 Å². The summed E-state index contributed by atoms with van der Waals surface area (Å²) in [5, 5.41) is 4.57. The lowest BCUT2D eigenvalue weighted by atomic mass is 10.1. The number of aromatic nitrogens is 2. The Hall–Kier alpha value is -2.48. The minimum atomic E-state index is 0.0225. The summed E-state index contributed by atoms with van der Waals surface area (Å²) in [6.45, 7) is 5.60. The van der Waals surface area contributed by atoms with Crippen molar-refractivity contribution in [2.75, 3.05) is 31.2 Å². The fourth-order valence-electron chi connectivity index (χ4n) is 3.16. The molecule has 0 atom stereocenters. The Labute approximate surface area is 168 Å². The van der Waals surface area contributed by atoms with E-state index in [-0.39, 0.29) is 5.56 Å². The fourth-order valence-corrected chi connectivity index (χ4v) is 4.09. The maximum absolute atomic E-state index is 11.8. The van der Waals surface area contributed by atoms with Crippen LogP contribution in [0, 0.1) is 0 Å². The van der Waals surface area contributed by atoms with Gasteiger partial charge in [0.05, 0.1) is 19.8 Å². The number of morpholine rings is 1. The Kier molecular flexibility index (Phi) is 6.16. The van der Waals surface area contributed by atoms with E-state index < -0.39 is 0 Å². The number of thiazole rings is 1. The molecule has 4 rings (SSSR count). The molecular weight excluding hydrogens is 372 g/mol. The maximum Gasteiger partial charge on any atom is 0.250 e. The van der Waals surface area contributed by atoms with Gasteiger partial charge in [0.2, 0.25) is 0 Å². The Balaban J connectivity index is 1.27. The first-order valence-corrected chi connectivity index (χ1v) is 10.3. The second-order valence-electron chi connectivity index (χ2n) is 6.80. The van der Waals surface area contributed by atoms with Crippen molar-refractivity contribution in [1.82, 2.24) is 14.9 Å². The molecule has 3 heterocycles. The summed E-state index contributed by atoms with van der Waals surface area (Å²) in [4.78, 5) is 19.9. The number of anilines is 1. The zero-order valence-corrected chi connectivity index (χ0v) is 16.5. The zero-order chi connectivity index (χ0) is 19.2. The first-order valence-electron chi connectivity index (χ1n) is 9.49. The van der Waals surface area contributed by atoms with Crippen molar-refractivity contribution in [3.05, 3.63) is 81.2 Å². The number of nitrogens with one attached hydrogen (secondary N) is 1. The largest absolute Gasteiger partial charge is 0.378 e. The summed E-state index contributed by atoms with van der Waals surface area (Å²) >= 11 is 1.74. The third-order valence-corrected chi connectivity index (χ3v) is 5.78. The van der Waals surface area contributed by atoms with Gasteiger partial charge in [0, 0.05) is 49.5 Å². The van der Waals surface area contributed by atoms with Gasteiger partial charge in [-0.25, -0.2) is 4.98 Å². The smallest absolute Gasteiger partial charge is 0.250 e. The number of nitrogens with zero attached hydrogens (tertiary/aromatic N) is 3. The summed E-state index contributed by atoms with van der Waals surface area (Å²) in [5.41, 5.74) is 2.37. The van der Waals surface area contributed by atoms with E-state index in [1.54, 1.807) is 28.0 Å². The molecule has 3 aromatic rings. The lowest BCUT2D eigenvalue weighted by molar-refractivity contribution is 0.122. The molecule has 1 aliphatic heterocycles. The highest BCUT2D eigenvalue weighted by atomic mass is 32.1. The second kappa shape index (κ2) is 9.14. The van der Waals surface area contributed by atoms with E-state index in [1.807, 2.05) is 18.5 Å². The van der Waals surface area contributed by atoms with Gasteiger partial charge >= 0.3 is 0 Å². The van der Waals surface area contributed by atoms with Gasteiger partial charge in [0.1, 0.15) is 0 Å². The summed E-state index contributed by atoms with van der Waals surface area (Å²) in [6, 6.07) is 13.6. The number of rotatable bonds is 7. The average Bonchev–Trinajstić information content (AvgIpc) is 3.21. The van der Waals surface area contributed by atoms with Crippen LogP contribution in [0.1, 0.15) is 16.0 Å². The predicted octanol–water partition coefficient (Wildman–Crippen LogP) is 2.48. The normalized spacial score (nSPS) is 14.4. The van der Waals surface area contributed by atoms with Crippen molar-refractivity contribution in [1.29, 1.82) is 0 Å². The molecule has 146 valence electrons. The first kappa shape index (κ1) is 18.9. The van der Waals surface area contributed by atoms with Crippen LogP contribution in [-0.2, 0) is 24.4 Å². The molecule has 0 unspecified atom stereocenters. The summed E-state index contributed by atoms with van der Waals surface area (Å²) in [6.07, 6.45) is 3.78. The lowest BCUT2D eigenvalue weighted by Gasteiger charge is -2.25. The van der Waals surface area contributed by atoms with Gasteiger partial charge in [-0.05, 0) is 17.2 Å². The predicted molar refractivity (Wildman–Crippen MR) is 112 cm³/mol. The molecule has 0 aliphatic carbocycles. The fraction of sp³-hybridized carbons (Fsp3) is 0.333. The minimum absolute atomic E-state index is 0.0225. The van der Waals surface area contributed by atoms with Crippen molar-refractivity contribution in [2.24, 2.45) is 0 Å². The third kappa shape index (κ3) is 4.86. The molecule has 0 spiro atoms. The molecule has 1 fully saturated rings. The van der Waals surface area contributed by atoms with E-state index in [1.165, 1.54) is 10.4 Å². The lowest BCUT2D eigenvalue weighted by Crippen LogP contribution is -2.36. The summed E-state index contributed by atoms with van der Waals surface area (Å²) in [5.74, 6) is 0. The van der Waals surface area contributed by atoms with Crippen molar-refractivity contribution in [3.8, 4) is 0 Å². The summed E-state index contributed by atoms with van der Waals surface area (Å²) < 4.78 is 7.11. The van der Waals surface area contributed by atoms with E-state index in [0.717, 1.165) is 50.1 Å². The van der Waals surface area contributed by atoms with Crippen LogP contribution in [-0.4, -0.2) is 35.9 Å². The van der Waals surface area contributed by atoms with Crippen LogP contribution >= 0.6 is 11.3 Å². The molecule has 0 amide bonds. The molecule has 1 aromatic carbocycles. The van der Waals surface area contributed by atoms with Crippen LogP contribution in [0.25, 0.3) is 0 Å². The summed E-state index contributed by atoms with van der Waals surface area (Å²) in [7, 11) is 0. The molecular formula is C21H24N4O2S. The SMILES string of the molecule is O=c1ccccn1Cc1ccc(CNCc2cnc(N3CCOCC3)s2)cc1. The Morgan fingerprint density at radius 2 is 1.82 bits per heavy atom. The molecule has 0 radical (unpaired) electrons. The molecule has 28 heavy (non-hydrogen) atoms. The molecule has 1 aliphatic rings. The van der Waals surface area contributed by atoms with Gasteiger partial charge in [-0.1, -0.05) is 30.3 Å². The van der Waals surface area contributed by atoms with Crippen molar-refractivity contribution < 1.29 is 4.74 Å². The van der Waals surface area contributed by atoms with Crippen LogP contribution < -0.4 is 15.8 Å². The topological polar surface area (TPSA) is 59.4 Å². The Morgan fingerprint density at radius 3 is 2.61 bits per heavy atom. The number of hydrogen-bond acceptors (Lipinski definition) is 6. The Morgan fingerprint density at radius 1 is 1.04 bits per heavy atom. The van der Waals surface area contributed by atoms with E-state index >= 15 is 0 Å². The maximum atomic E-state index is 11.8. The van der Waals surface area contributed by atoms with Crippen LogP contribution in [0.15, 0.2) is 59.7 Å². The van der Waals surface area contributed by atoms with E-state index in [9.17, 15) is 4.79 Å². The highest BCUT2D eigenvalue weighted by Crippen LogP contribution is 2.23. The van der Waals surface area contributed by atoms with Gasteiger partial charge in [0.25, 0.3) is 5.56 Å². The minimum Gasteiger partial charge on any atom is -0.378 e. The molecule has 0 bridgehead atoms. The van der Waals surface area contributed by atoms with Crippen LogP contribution in [0.5, 0.6) is 0 Å². The number of ether oxygens (including phenoxy) is 1. The highest BCUT2D eigenvalue weighted by Gasteiger charge is 2.14. The zero-order valence-electron chi connectivity index (χ0n) is 15.7. The number of hydrogen-bond donors (Lipinski definition) is 1. The Bertz CT molecular complexity index is 945. The van der Waals surface area contributed by atoms with Gasteiger partial charge in [-0.15, -0.1) is 11.3 Å². The van der Waals surface area contributed by atoms with E-state index in [0.29, 0.717) is 6.54 Å². The second-order valence-corrected chi connectivity index (χ2v) is 7.89. The third-order valence-electron chi connectivity index (χ3n) is 4.73. The molecule has 1 saturated heterocycles. The van der Waals surface area contributed by atoms with Crippen molar-refractivity contribution in [2.45, 2.75) is 19.6 Å². The average molecular weight is 397 g/mol. The molecule has 2 aromatic heterocycles. The quantitative estimate of drug-likeness (QED) is 0.665. The van der Waals surface area contributed by atoms with Crippen LogP contribution in [0.2, 0.25) is 0 Å². The van der Waals surface area contributed by atoms with Gasteiger partial charge in [-0.3, -0.25) is 4.79 Å². The first-order chi connectivity index (χ1) is 13.8. The van der Waals surface area contributed by atoms with Gasteiger partial charge in [-0.2, -0.15) is 0 Å². The monoisotopic (exact) mass is 396 g/mol. The molecule has 0 saturated carbocycles. The van der Waals surface area contributed by atoms with E-state index in [4.69, 9.17) is 4.74 Å². The molecule has 1 N–H and O–H groups in total. The van der Waals surface area contributed by atoms with E-state index in [2.05, 4.69) is 39.5 Å². The van der Waals surface area contributed by atoms with Gasteiger partial charge < -0.3 is 19.5 Å². The van der Waals surface area contributed by atoms with Crippen molar-refractivity contribution >= 4 is 16.5 Å². The standard InChI is InChI=1S/C21H24N4O2S/c26-20-3-1-2-8-25(20)16-18-6-4-17(5-7-18)13-22-14-19-15-23-21(28-19)24-9-11-27-12-10-24/h1-8,15,22H,9-14,16H2. The number of pyridine rings is 1. The van der Waals surface area contributed by atoms with Gasteiger partial charge in [0.15, 0.2) is 5.13 Å². The van der Waals surface area contributed by atoms with Crippen molar-refractivity contribution in [3.63, 3.8) is 0 Å². The number of benzene rings is 1. The highest BCUT2D eigenvalue weighted by molar-refractivity contribution is 7.15.